The fourth-order valence-electron chi connectivity index (χ4n) is 2.35. The molecule has 1 amide bonds. The Balaban J connectivity index is 1.80. The van der Waals surface area contributed by atoms with E-state index in [1.807, 2.05) is 13.0 Å². The van der Waals surface area contributed by atoms with Gasteiger partial charge in [0.2, 0.25) is 5.91 Å². The van der Waals surface area contributed by atoms with Crippen LogP contribution < -0.4 is 15.6 Å². The zero-order valence-corrected chi connectivity index (χ0v) is 14.2. The molecule has 0 spiro atoms. The summed E-state index contributed by atoms with van der Waals surface area (Å²) < 4.78 is 6.44. The van der Waals surface area contributed by atoms with Gasteiger partial charge in [-0.3, -0.25) is 14.2 Å². The number of hydrogen-bond acceptors (Lipinski definition) is 5. The smallest absolute Gasteiger partial charge is 0.262 e. The lowest BCUT2D eigenvalue weighted by Gasteiger charge is -2.08. The molecule has 6 nitrogen and oxygen atoms in total. The summed E-state index contributed by atoms with van der Waals surface area (Å²) in [6.07, 6.45) is 2.28. The number of aromatic nitrogens is 2. The van der Waals surface area contributed by atoms with Crippen molar-refractivity contribution in [2.24, 2.45) is 0 Å². The molecule has 0 aliphatic carbocycles. The van der Waals surface area contributed by atoms with Crippen molar-refractivity contribution in [2.45, 2.75) is 19.9 Å². The summed E-state index contributed by atoms with van der Waals surface area (Å²) in [5.41, 5.74) is 0.419. The van der Waals surface area contributed by atoms with E-state index in [0.717, 1.165) is 11.3 Å². The Hall–Kier alpha value is -2.67. The number of anilines is 1. The highest BCUT2D eigenvalue weighted by molar-refractivity contribution is 7.18. The molecule has 3 aromatic rings. The second-order valence-electron chi connectivity index (χ2n) is 5.24. The number of fused-ring (bicyclic) bond motifs is 1. The van der Waals surface area contributed by atoms with Gasteiger partial charge in [0.15, 0.2) is 0 Å². The lowest BCUT2D eigenvalue weighted by atomic mass is 10.3. The normalized spacial score (nSPS) is 10.8. The number of methoxy groups -OCH3 is 1. The largest absolute Gasteiger partial charge is 0.497 e. The zero-order chi connectivity index (χ0) is 17.1. The fraction of sp³-hybridized carbons (Fsp3) is 0.235. The van der Waals surface area contributed by atoms with Crippen LogP contribution in [0.4, 0.5) is 5.69 Å². The Kier molecular flexibility index (Phi) is 4.61. The molecule has 24 heavy (non-hydrogen) atoms. The van der Waals surface area contributed by atoms with E-state index in [1.54, 1.807) is 31.4 Å². The number of thiophene rings is 1. The van der Waals surface area contributed by atoms with Gasteiger partial charge in [0.05, 0.1) is 18.8 Å². The Morgan fingerprint density at radius 1 is 1.38 bits per heavy atom. The molecule has 0 bridgehead atoms. The molecular weight excluding hydrogens is 326 g/mol. The first kappa shape index (κ1) is 16.2. The summed E-state index contributed by atoms with van der Waals surface area (Å²) in [6.45, 7) is 1.95. The molecule has 2 aromatic heterocycles. The number of nitrogens with one attached hydrogen (secondary N) is 1. The molecule has 0 saturated carbocycles. The third kappa shape index (κ3) is 3.30. The number of nitrogens with zero attached hydrogens (tertiary/aromatic N) is 2. The van der Waals surface area contributed by atoms with Crippen molar-refractivity contribution in [3.05, 3.63) is 51.9 Å². The summed E-state index contributed by atoms with van der Waals surface area (Å²) in [4.78, 5) is 30.8. The van der Waals surface area contributed by atoms with Gasteiger partial charge in [-0.25, -0.2) is 4.98 Å². The van der Waals surface area contributed by atoms with Crippen molar-refractivity contribution >= 4 is 33.1 Å². The second-order valence-corrected chi connectivity index (χ2v) is 6.36. The predicted molar refractivity (Wildman–Crippen MR) is 94.9 cm³/mol. The maximum absolute atomic E-state index is 12.5. The van der Waals surface area contributed by atoms with Gasteiger partial charge in [0, 0.05) is 16.6 Å². The lowest BCUT2D eigenvalue weighted by molar-refractivity contribution is -0.116. The van der Waals surface area contributed by atoms with Crippen LogP contribution >= 0.6 is 11.3 Å². The van der Waals surface area contributed by atoms with Crippen LogP contribution in [0.1, 0.15) is 11.8 Å². The molecule has 0 fully saturated rings. The maximum atomic E-state index is 12.5. The minimum atomic E-state index is -0.294. The SMILES string of the molecule is CCc1cc2c(=O)n(CC(=O)Nc3cccc(OC)c3)cnc2s1. The van der Waals surface area contributed by atoms with Crippen LogP contribution in [0.15, 0.2) is 41.5 Å². The molecule has 0 radical (unpaired) electrons. The monoisotopic (exact) mass is 343 g/mol. The van der Waals surface area contributed by atoms with Crippen LogP contribution in [-0.4, -0.2) is 22.6 Å². The molecule has 124 valence electrons. The first-order valence-corrected chi connectivity index (χ1v) is 8.34. The minimum absolute atomic E-state index is 0.0870. The van der Waals surface area contributed by atoms with E-state index >= 15 is 0 Å². The fourth-order valence-corrected chi connectivity index (χ4v) is 3.28. The first-order valence-electron chi connectivity index (χ1n) is 7.52. The standard InChI is InChI=1S/C17H17N3O3S/c1-3-13-8-14-16(24-13)18-10-20(17(14)22)9-15(21)19-11-5-4-6-12(7-11)23-2/h4-8,10H,3,9H2,1-2H3,(H,19,21). The first-order chi connectivity index (χ1) is 11.6. The van der Waals surface area contributed by atoms with Crippen LogP contribution in [-0.2, 0) is 17.8 Å². The third-order valence-corrected chi connectivity index (χ3v) is 4.77. The average Bonchev–Trinajstić information content (AvgIpc) is 3.02. The molecule has 0 aliphatic heterocycles. The lowest BCUT2D eigenvalue weighted by Crippen LogP contribution is -2.27. The Bertz CT molecular complexity index is 946. The Morgan fingerprint density at radius 3 is 2.96 bits per heavy atom. The molecule has 0 atom stereocenters. The third-order valence-electron chi connectivity index (χ3n) is 3.59. The quantitative estimate of drug-likeness (QED) is 0.773. The molecule has 3 rings (SSSR count). The van der Waals surface area contributed by atoms with Crippen LogP contribution in [0.2, 0.25) is 0 Å². The molecule has 0 saturated heterocycles. The van der Waals surface area contributed by atoms with Crippen molar-refractivity contribution in [1.29, 1.82) is 0 Å². The van der Waals surface area contributed by atoms with E-state index in [4.69, 9.17) is 4.74 Å². The van der Waals surface area contributed by atoms with E-state index in [1.165, 1.54) is 22.2 Å². The van der Waals surface area contributed by atoms with Gasteiger partial charge < -0.3 is 10.1 Å². The van der Waals surface area contributed by atoms with Crippen LogP contribution in [0, 0.1) is 0 Å². The number of hydrogen-bond donors (Lipinski definition) is 1. The highest BCUT2D eigenvalue weighted by Gasteiger charge is 2.11. The molecule has 0 unspecified atom stereocenters. The predicted octanol–water partition coefficient (Wildman–Crippen LogP) is 2.67. The van der Waals surface area contributed by atoms with Gasteiger partial charge in [0.25, 0.3) is 5.56 Å². The molecule has 2 heterocycles. The summed E-state index contributed by atoms with van der Waals surface area (Å²) >= 11 is 1.51. The van der Waals surface area contributed by atoms with Crippen molar-refractivity contribution in [3.63, 3.8) is 0 Å². The summed E-state index contributed by atoms with van der Waals surface area (Å²) in [5, 5.41) is 3.32. The van der Waals surface area contributed by atoms with Crippen LogP contribution in [0.3, 0.4) is 0 Å². The highest BCUT2D eigenvalue weighted by Crippen LogP contribution is 2.21. The van der Waals surface area contributed by atoms with E-state index in [2.05, 4.69) is 10.3 Å². The topological polar surface area (TPSA) is 73.2 Å². The molecular formula is C17H17N3O3S. The zero-order valence-electron chi connectivity index (χ0n) is 13.4. The number of benzene rings is 1. The summed E-state index contributed by atoms with van der Waals surface area (Å²) in [5.74, 6) is 0.357. The molecule has 0 aliphatic rings. The van der Waals surface area contributed by atoms with Crippen molar-refractivity contribution < 1.29 is 9.53 Å². The van der Waals surface area contributed by atoms with Crippen LogP contribution in [0.25, 0.3) is 10.2 Å². The number of rotatable bonds is 5. The van der Waals surface area contributed by atoms with E-state index < -0.39 is 0 Å². The van der Waals surface area contributed by atoms with Crippen molar-refractivity contribution in [2.75, 3.05) is 12.4 Å². The van der Waals surface area contributed by atoms with Gasteiger partial charge in [0.1, 0.15) is 17.1 Å². The van der Waals surface area contributed by atoms with Gasteiger partial charge in [-0.05, 0) is 24.6 Å². The van der Waals surface area contributed by atoms with E-state index in [9.17, 15) is 9.59 Å². The number of carbonyl (C=O) groups is 1. The van der Waals surface area contributed by atoms with Crippen LogP contribution in [0.5, 0.6) is 5.75 Å². The number of amides is 1. The van der Waals surface area contributed by atoms with Crippen molar-refractivity contribution in [1.82, 2.24) is 9.55 Å². The number of aryl methyl sites for hydroxylation is 1. The van der Waals surface area contributed by atoms with Crippen molar-refractivity contribution in [3.8, 4) is 5.75 Å². The van der Waals surface area contributed by atoms with Gasteiger partial charge in [-0.2, -0.15) is 0 Å². The Morgan fingerprint density at radius 2 is 2.21 bits per heavy atom. The number of carbonyl (C=O) groups excluding carboxylic acids is 1. The van der Waals surface area contributed by atoms with E-state index in [-0.39, 0.29) is 18.0 Å². The van der Waals surface area contributed by atoms with Gasteiger partial charge in [-0.15, -0.1) is 11.3 Å². The highest BCUT2D eigenvalue weighted by atomic mass is 32.1. The summed E-state index contributed by atoms with van der Waals surface area (Å²) in [7, 11) is 1.56. The minimum Gasteiger partial charge on any atom is -0.497 e. The second kappa shape index (κ2) is 6.84. The number of ether oxygens (including phenoxy) is 1. The maximum Gasteiger partial charge on any atom is 0.262 e. The van der Waals surface area contributed by atoms with Gasteiger partial charge in [-0.1, -0.05) is 13.0 Å². The molecule has 1 N–H and O–H groups in total. The average molecular weight is 343 g/mol. The molecule has 7 heteroatoms. The van der Waals surface area contributed by atoms with E-state index in [0.29, 0.717) is 21.7 Å². The Labute approximate surface area is 142 Å². The van der Waals surface area contributed by atoms with Gasteiger partial charge >= 0.3 is 0 Å². The molecule has 1 aromatic carbocycles. The summed E-state index contributed by atoms with van der Waals surface area (Å²) in [6, 6.07) is 8.91.